The van der Waals surface area contributed by atoms with Gasteiger partial charge in [-0.2, -0.15) is 0 Å². The summed E-state index contributed by atoms with van der Waals surface area (Å²) in [5.74, 6) is 0. The van der Waals surface area contributed by atoms with Crippen LogP contribution in [0.2, 0.25) is 0 Å². The Hall–Kier alpha value is -1.95. The molecule has 0 aliphatic carbocycles. The van der Waals surface area contributed by atoms with Gasteiger partial charge in [0.05, 0.1) is 28.4 Å². The number of hydrogen-bond acceptors (Lipinski definition) is 4. The summed E-state index contributed by atoms with van der Waals surface area (Å²) in [5.41, 5.74) is 1.53. The van der Waals surface area contributed by atoms with Gasteiger partial charge >= 0.3 is 0 Å². The zero-order valence-electron chi connectivity index (χ0n) is 7.97. The molecular formula is C9H9N3O3. The molecular weight excluding hydrogens is 198 g/mol. The lowest BCUT2D eigenvalue weighted by atomic mass is 10.1. The Morgan fingerprint density at radius 3 is 2.93 bits per heavy atom. The van der Waals surface area contributed by atoms with Gasteiger partial charge in [0.1, 0.15) is 0 Å². The van der Waals surface area contributed by atoms with Gasteiger partial charge < -0.3 is 10.1 Å². The van der Waals surface area contributed by atoms with Crippen molar-refractivity contribution in [1.29, 1.82) is 0 Å². The number of nitrogens with one attached hydrogen (secondary N) is 1. The summed E-state index contributed by atoms with van der Waals surface area (Å²) < 4.78 is 0. The number of aliphatic hydroxyl groups is 1. The van der Waals surface area contributed by atoms with Crippen LogP contribution in [0, 0.1) is 10.1 Å². The largest absolute Gasteiger partial charge is 0.389 e. The number of benzene rings is 1. The molecule has 1 aromatic heterocycles. The third-order valence-electron chi connectivity index (χ3n) is 2.20. The van der Waals surface area contributed by atoms with Crippen molar-refractivity contribution in [2.45, 2.75) is 13.0 Å². The van der Waals surface area contributed by atoms with Crippen LogP contribution in [0.25, 0.3) is 11.0 Å². The first-order chi connectivity index (χ1) is 7.09. The van der Waals surface area contributed by atoms with Gasteiger partial charge in [-0.05, 0) is 6.92 Å². The zero-order valence-corrected chi connectivity index (χ0v) is 7.97. The van der Waals surface area contributed by atoms with Crippen LogP contribution in [0.4, 0.5) is 5.69 Å². The van der Waals surface area contributed by atoms with Gasteiger partial charge in [0.2, 0.25) is 0 Å². The molecule has 0 aliphatic rings. The Labute approximate surface area is 84.7 Å². The van der Waals surface area contributed by atoms with E-state index in [1.54, 1.807) is 6.92 Å². The smallest absolute Gasteiger partial charge is 0.272 e. The van der Waals surface area contributed by atoms with E-state index >= 15 is 0 Å². The number of nitro benzene ring substituents is 1. The van der Waals surface area contributed by atoms with Crippen LogP contribution in [0.3, 0.4) is 0 Å². The third-order valence-corrected chi connectivity index (χ3v) is 2.20. The lowest BCUT2D eigenvalue weighted by Crippen LogP contribution is -1.96. The molecule has 0 unspecified atom stereocenters. The summed E-state index contributed by atoms with van der Waals surface area (Å²) in [4.78, 5) is 16.9. The SMILES string of the molecule is C[C@H](O)c1cc([N+](=O)[O-])cc2[nH]cnc12. The monoisotopic (exact) mass is 207 g/mol. The van der Waals surface area contributed by atoms with Crippen molar-refractivity contribution in [1.82, 2.24) is 9.97 Å². The van der Waals surface area contributed by atoms with Crippen LogP contribution in [0.1, 0.15) is 18.6 Å². The molecule has 15 heavy (non-hydrogen) atoms. The normalized spacial score (nSPS) is 12.9. The van der Waals surface area contributed by atoms with E-state index in [0.29, 0.717) is 16.6 Å². The fraction of sp³-hybridized carbons (Fsp3) is 0.222. The summed E-state index contributed by atoms with van der Waals surface area (Å²) in [5, 5.41) is 20.1. The molecule has 6 nitrogen and oxygen atoms in total. The number of nitrogens with zero attached hydrogens (tertiary/aromatic N) is 2. The van der Waals surface area contributed by atoms with Gasteiger partial charge in [-0.1, -0.05) is 0 Å². The molecule has 0 radical (unpaired) electrons. The van der Waals surface area contributed by atoms with E-state index in [1.165, 1.54) is 18.5 Å². The Morgan fingerprint density at radius 2 is 2.33 bits per heavy atom. The number of aromatic nitrogens is 2. The molecule has 2 rings (SSSR count). The van der Waals surface area contributed by atoms with Crippen molar-refractivity contribution in [2.75, 3.05) is 0 Å². The average Bonchev–Trinajstić information content (AvgIpc) is 2.62. The zero-order chi connectivity index (χ0) is 11.0. The molecule has 0 amide bonds. The van der Waals surface area contributed by atoms with Crippen LogP contribution < -0.4 is 0 Å². The van der Waals surface area contributed by atoms with Gasteiger partial charge in [-0.15, -0.1) is 0 Å². The number of aromatic amines is 1. The number of imidazole rings is 1. The standard InChI is InChI=1S/C9H9N3O3/c1-5(13)7-2-6(12(14)15)3-8-9(7)11-4-10-8/h2-5,13H,1H3,(H,10,11)/t5-/m0/s1. The maximum atomic E-state index is 10.6. The fourth-order valence-electron chi connectivity index (χ4n) is 1.49. The summed E-state index contributed by atoms with van der Waals surface area (Å²) >= 11 is 0. The summed E-state index contributed by atoms with van der Waals surface area (Å²) in [6.45, 7) is 1.55. The Kier molecular flexibility index (Phi) is 2.12. The number of nitro groups is 1. The van der Waals surface area contributed by atoms with Crippen molar-refractivity contribution < 1.29 is 10.0 Å². The number of aliphatic hydroxyl groups excluding tert-OH is 1. The Morgan fingerprint density at radius 1 is 1.60 bits per heavy atom. The molecule has 1 atom stereocenters. The highest BCUT2D eigenvalue weighted by atomic mass is 16.6. The molecule has 0 saturated heterocycles. The number of rotatable bonds is 2. The van der Waals surface area contributed by atoms with Gasteiger partial charge in [0, 0.05) is 17.7 Å². The van der Waals surface area contributed by atoms with Crippen LogP contribution >= 0.6 is 0 Å². The molecule has 0 fully saturated rings. The summed E-state index contributed by atoms with van der Waals surface area (Å²) in [7, 11) is 0. The van der Waals surface area contributed by atoms with E-state index in [-0.39, 0.29) is 5.69 Å². The highest BCUT2D eigenvalue weighted by molar-refractivity contribution is 5.81. The van der Waals surface area contributed by atoms with Gasteiger partial charge in [-0.25, -0.2) is 4.98 Å². The van der Waals surface area contributed by atoms with E-state index in [2.05, 4.69) is 9.97 Å². The molecule has 1 heterocycles. The minimum absolute atomic E-state index is 0.0531. The lowest BCUT2D eigenvalue weighted by Gasteiger charge is -2.04. The highest BCUT2D eigenvalue weighted by Gasteiger charge is 2.15. The maximum absolute atomic E-state index is 10.6. The van der Waals surface area contributed by atoms with Crippen molar-refractivity contribution in [3.63, 3.8) is 0 Å². The first-order valence-electron chi connectivity index (χ1n) is 4.39. The van der Waals surface area contributed by atoms with Crippen LogP contribution in [-0.2, 0) is 0 Å². The number of non-ortho nitro benzene ring substituents is 1. The predicted molar refractivity (Wildman–Crippen MR) is 53.4 cm³/mol. The first kappa shape index (κ1) is 9.60. The van der Waals surface area contributed by atoms with E-state index in [1.807, 2.05) is 0 Å². The minimum Gasteiger partial charge on any atom is -0.389 e. The minimum atomic E-state index is -0.782. The van der Waals surface area contributed by atoms with Crippen LogP contribution in [0.15, 0.2) is 18.5 Å². The predicted octanol–water partition coefficient (Wildman–Crippen LogP) is 1.52. The second-order valence-electron chi connectivity index (χ2n) is 3.27. The molecule has 78 valence electrons. The van der Waals surface area contributed by atoms with Gasteiger partial charge in [-0.3, -0.25) is 10.1 Å². The second-order valence-corrected chi connectivity index (χ2v) is 3.27. The van der Waals surface area contributed by atoms with Gasteiger partial charge in [0.25, 0.3) is 5.69 Å². The second kappa shape index (κ2) is 3.32. The molecule has 0 saturated carbocycles. The molecule has 0 aliphatic heterocycles. The first-order valence-corrected chi connectivity index (χ1v) is 4.39. The van der Waals surface area contributed by atoms with Crippen LogP contribution in [-0.4, -0.2) is 20.0 Å². The van der Waals surface area contributed by atoms with E-state index in [9.17, 15) is 15.2 Å². The molecule has 2 aromatic rings. The van der Waals surface area contributed by atoms with Crippen molar-refractivity contribution >= 4 is 16.7 Å². The van der Waals surface area contributed by atoms with E-state index < -0.39 is 11.0 Å². The summed E-state index contributed by atoms with van der Waals surface area (Å²) in [6, 6.07) is 2.74. The van der Waals surface area contributed by atoms with E-state index in [0.717, 1.165) is 0 Å². The molecule has 0 bridgehead atoms. The van der Waals surface area contributed by atoms with Crippen molar-refractivity contribution in [3.05, 3.63) is 34.1 Å². The number of hydrogen-bond donors (Lipinski definition) is 2. The maximum Gasteiger partial charge on any atom is 0.272 e. The fourth-order valence-corrected chi connectivity index (χ4v) is 1.49. The molecule has 2 N–H and O–H groups in total. The summed E-state index contributed by atoms with van der Waals surface area (Å²) in [6.07, 6.45) is 0.663. The van der Waals surface area contributed by atoms with Gasteiger partial charge in [0.15, 0.2) is 0 Å². The molecule has 6 heteroatoms. The highest BCUT2D eigenvalue weighted by Crippen LogP contribution is 2.26. The van der Waals surface area contributed by atoms with Crippen LogP contribution in [0.5, 0.6) is 0 Å². The number of fused-ring (bicyclic) bond motifs is 1. The molecule has 0 spiro atoms. The quantitative estimate of drug-likeness (QED) is 0.576. The lowest BCUT2D eigenvalue weighted by molar-refractivity contribution is -0.384. The Bertz CT molecular complexity index is 518. The topological polar surface area (TPSA) is 92.0 Å². The Balaban J connectivity index is 2.74. The van der Waals surface area contributed by atoms with E-state index in [4.69, 9.17) is 0 Å². The molecule has 1 aromatic carbocycles. The van der Waals surface area contributed by atoms with Crippen molar-refractivity contribution in [2.24, 2.45) is 0 Å². The van der Waals surface area contributed by atoms with Crippen molar-refractivity contribution in [3.8, 4) is 0 Å². The average molecular weight is 207 g/mol. The third kappa shape index (κ3) is 1.55. The number of H-pyrrole nitrogens is 1.